The first-order valence-electron chi connectivity index (χ1n) is 50.6. The zero-order valence-electron chi connectivity index (χ0n) is 88.5. The lowest BCUT2D eigenvalue weighted by Gasteiger charge is -2.44. The van der Waals surface area contributed by atoms with Crippen molar-refractivity contribution in [3.05, 3.63) is 0 Å². The Morgan fingerprint density at radius 1 is 0.356 bits per heavy atom. The molecule has 4 rings (SSSR count). The average Bonchev–Trinajstić information content (AvgIpc) is 0.791. The Hall–Kier alpha value is -10.7. The molecule has 846 valence electrons. The summed E-state index contributed by atoms with van der Waals surface area (Å²) in [6.45, 7) is 20.0. The number of amides is 10. The lowest BCUT2D eigenvalue weighted by molar-refractivity contribution is -0.279. The molecule has 0 aromatic rings. The van der Waals surface area contributed by atoms with Gasteiger partial charge in [-0.3, -0.25) is 96.0 Å². The van der Waals surface area contributed by atoms with E-state index >= 15 is 0 Å². The van der Waals surface area contributed by atoms with Crippen molar-refractivity contribution >= 4 is 121 Å². The van der Waals surface area contributed by atoms with Gasteiger partial charge < -0.3 is 147 Å². The molecule has 4 aliphatic rings. The van der Waals surface area contributed by atoms with Gasteiger partial charge in [-0.05, 0) is 98.3 Å². The summed E-state index contributed by atoms with van der Waals surface area (Å²) in [5.41, 5.74) is 0. The van der Waals surface area contributed by atoms with Crippen LogP contribution in [0.3, 0.4) is 0 Å². The SMILES string of the molecule is CC(=O)NC1C(OCCOCCNC(=O)CCCCCNC(=O)CN(CC(=O)NCCCCCC(=O)NCCOCCOC2OC(COC(C)=O)C(OC(C)=O)C(OC(C)=O)C2NC(C)=O)C(CCNC(=O)C2CCC(OP(OCCC#N)N(C(C)C)C(C)C)CC2)C(=O)NCCCCCC(=O)NCCOCCOC2OC(COC(C)=O)C(OC(C)=O)C(OC(C)=O)C2NC(C)=O)OC(COC(C)=O)C(OC(C)=O)C1OC(C)=O. The summed E-state index contributed by atoms with van der Waals surface area (Å²) < 4.78 is 116. The van der Waals surface area contributed by atoms with Gasteiger partial charge in [-0.2, -0.15) is 5.26 Å². The van der Waals surface area contributed by atoms with E-state index in [-0.39, 0.29) is 186 Å². The van der Waals surface area contributed by atoms with Crippen LogP contribution in [0.4, 0.5) is 0 Å². The van der Waals surface area contributed by atoms with E-state index < -0.39 is 234 Å². The summed E-state index contributed by atoms with van der Waals surface area (Å²) >= 11 is 0. The van der Waals surface area contributed by atoms with Gasteiger partial charge in [0.05, 0.1) is 104 Å². The van der Waals surface area contributed by atoms with Crippen LogP contribution in [0.1, 0.15) is 226 Å². The first kappa shape index (κ1) is 131. The first-order chi connectivity index (χ1) is 70.9. The summed E-state index contributed by atoms with van der Waals surface area (Å²) in [6.07, 6.45) is -9.41. The van der Waals surface area contributed by atoms with Gasteiger partial charge in [-0.15, -0.1) is 0 Å². The summed E-state index contributed by atoms with van der Waals surface area (Å²) in [6, 6.07) is -2.55. The van der Waals surface area contributed by atoms with Gasteiger partial charge in [0.1, 0.15) is 56.3 Å². The van der Waals surface area contributed by atoms with Gasteiger partial charge in [-0.1, -0.05) is 19.3 Å². The van der Waals surface area contributed by atoms with Gasteiger partial charge >= 0.3 is 53.7 Å². The molecule has 3 saturated heterocycles. The fourth-order valence-corrected chi connectivity index (χ4v) is 18.2. The molecule has 53 heteroatoms. The van der Waals surface area contributed by atoms with Crippen LogP contribution >= 0.6 is 8.53 Å². The molecular weight excluding hydrogens is 1990 g/mol. The molecular formula is C96H158N13O39P. The number of nitrogens with one attached hydrogen (secondary N) is 10. The maximum atomic E-state index is 14.8. The van der Waals surface area contributed by atoms with Crippen molar-refractivity contribution in [1.29, 1.82) is 5.26 Å². The molecule has 0 spiro atoms. The fourth-order valence-electron chi connectivity index (χ4n) is 16.4. The van der Waals surface area contributed by atoms with E-state index in [4.69, 9.17) is 94.3 Å². The standard InChI is InChI=1S/C96H158N13O39P/c1-58(2)109(59(3)4)149(138-43-26-35-97)148-73-32-30-72(31-33-73)92(127)104-39-34-74(93(128)103-38-25-19-22-29-80(124)102-42-46-131-49-52-134-96-85(107-62(7)112)91(144-71(16)121)88(141-68(13)118)77(147-96)57-137-65(10)115)108(53-81(125)98-36-23-17-20-27-78(122)100-40-44-129-47-50-132-94-83(105-60(5)110)89(142-69(14)119)86(139-66(11)116)75(145-94)55-135-63(8)113)54-82(126)99-37-24-18-21-28-79(123)101-41-45-130-48-51-133-95-84(106-61(6)111)90(143-70(15)120)87(140-67(12)117)76(146-95)56-136-64(9)114/h58-59,72-77,83-91,94-96H,17-34,36-57H2,1-16H3,(H,98,125)(H,99,126)(H,100,122)(H,101,123)(H,102,124)(H,103,128)(H,104,127)(H,105,110)(H,106,111)(H,107,112). The third kappa shape index (κ3) is 54.8. The van der Waals surface area contributed by atoms with Crippen LogP contribution < -0.4 is 53.2 Å². The molecule has 3 aliphatic heterocycles. The Morgan fingerprint density at radius 2 is 0.678 bits per heavy atom. The number of unbranched alkanes of at least 4 members (excludes halogenated alkanes) is 6. The highest BCUT2D eigenvalue weighted by atomic mass is 31.2. The molecule has 0 aromatic carbocycles. The zero-order chi connectivity index (χ0) is 110. The summed E-state index contributed by atoms with van der Waals surface area (Å²) in [5.74, 6) is -11.7. The van der Waals surface area contributed by atoms with Crippen LogP contribution in [0.5, 0.6) is 0 Å². The highest BCUT2D eigenvalue weighted by Crippen LogP contribution is 2.49. The van der Waals surface area contributed by atoms with Crippen molar-refractivity contribution in [1.82, 2.24) is 62.7 Å². The van der Waals surface area contributed by atoms with Gasteiger partial charge in [0.15, 0.2) is 55.5 Å². The van der Waals surface area contributed by atoms with E-state index in [2.05, 4.69) is 63.9 Å². The van der Waals surface area contributed by atoms with E-state index in [1.165, 1.54) is 25.7 Å². The number of carbonyl (C=O) groups excluding carboxylic acids is 19. The van der Waals surface area contributed by atoms with Gasteiger partial charge in [0.2, 0.25) is 59.1 Å². The number of rotatable bonds is 72. The normalized spacial score (nSPS) is 22.4. The monoisotopic (exact) mass is 2150 g/mol. The minimum Gasteiger partial charge on any atom is -0.463 e. The molecule has 17 unspecified atom stereocenters. The topological polar surface area (TPSA) is 660 Å². The van der Waals surface area contributed by atoms with Crippen molar-refractivity contribution in [2.75, 3.05) is 145 Å². The number of hydrogen-bond acceptors (Lipinski definition) is 42. The van der Waals surface area contributed by atoms with Gasteiger partial charge in [-0.25, -0.2) is 4.67 Å². The maximum absolute atomic E-state index is 14.8. The Bertz CT molecular complexity index is 4090. The molecule has 0 aromatic heterocycles. The van der Waals surface area contributed by atoms with E-state index in [0.717, 1.165) is 62.3 Å². The number of nitriles is 1. The smallest absolute Gasteiger partial charge is 0.303 e. The molecule has 10 N–H and O–H groups in total. The van der Waals surface area contributed by atoms with Gasteiger partial charge in [0.25, 0.3) is 8.53 Å². The molecule has 0 radical (unpaired) electrons. The van der Waals surface area contributed by atoms with Gasteiger partial charge in [0, 0.05) is 166 Å². The number of carbonyl (C=O) groups is 19. The van der Waals surface area contributed by atoms with Crippen molar-refractivity contribution in [2.45, 2.75) is 343 Å². The quantitative estimate of drug-likeness (QED) is 0.0171. The Labute approximate surface area is 870 Å². The van der Waals surface area contributed by atoms with Crippen LogP contribution in [-0.2, 0) is 185 Å². The minimum absolute atomic E-state index is 0.0370. The molecule has 10 amide bonds. The Balaban J connectivity index is 1.44. The van der Waals surface area contributed by atoms with Crippen LogP contribution in [-0.4, -0.2) is 383 Å². The minimum atomic E-state index is -1.55. The first-order valence-corrected chi connectivity index (χ1v) is 51.7. The van der Waals surface area contributed by atoms with E-state index in [9.17, 15) is 96.4 Å². The number of ether oxygens (including phenoxy) is 18. The van der Waals surface area contributed by atoms with E-state index in [1.807, 2.05) is 27.7 Å². The van der Waals surface area contributed by atoms with Crippen LogP contribution in [0.25, 0.3) is 0 Å². The Morgan fingerprint density at radius 3 is 0.987 bits per heavy atom. The van der Waals surface area contributed by atoms with Crippen molar-refractivity contribution in [3.63, 3.8) is 0 Å². The third-order valence-electron chi connectivity index (χ3n) is 22.7. The number of nitrogens with zero attached hydrogens (tertiary/aromatic N) is 3. The second-order valence-electron chi connectivity index (χ2n) is 36.2. The fraction of sp³-hybridized carbons (Fsp3) is 0.792. The number of hydrogen-bond donors (Lipinski definition) is 10. The van der Waals surface area contributed by atoms with Crippen LogP contribution in [0.15, 0.2) is 0 Å². The van der Waals surface area contributed by atoms with Crippen molar-refractivity contribution in [3.8, 4) is 6.07 Å². The Kier molecular flexibility index (Phi) is 64.4. The maximum Gasteiger partial charge on any atom is 0.303 e. The second kappa shape index (κ2) is 73.5. The molecule has 149 heavy (non-hydrogen) atoms. The molecule has 1 aliphatic carbocycles. The second-order valence-corrected chi connectivity index (χ2v) is 37.6. The lowest BCUT2D eigenvalue weighted by Crippen LogP contribution is -2.66. The average molecular weight is 2150 g/mol. The molecule has 4 fully saturated rings. The molecule has 1 saturated carbocycles. The zero-order valence-corrected chi connectivity index (χ0v) is 89.4. The predicted molar refractivity (Wildman–Crippen MR) is 521 cm³/mol. The number of esters is 9. The van der Waals surface area contributed by atoms with Crippen molar-refractivity contribution < 1.29 is 185 Å². The predicted octanol–water partition coefficient (Wildman–Crippen LogP) is 0.461. The largest absolute Gasteiger partial charge is 0.463 e. The van der Waals surface area contributed by atoms with E-state index in [0.29, 0.717) is 83.5 Å². The molecule has 52 nitrogen and oxygen atoms in total. The molecule has 17 atom stereocenters. The van der Waals surface area contributed by atoms with Crippen LogP contribution in [0, 0.1) is 17.2 Å². The lowest BCUT2D eigenvalue weighted by atomic mass is 9.87. The van der Waals surface area contributed by atoms with Crippen LogP contribution in [0.2, 0.25) is 0 Å². The molecule has 0 bridgehead atoms. The summed E-state index contributed by atoms with van der Waals surface area (Å²) in [5, 5.41) is 37.2. The highest BCUT2D eigenvalue weighted by molar-refractivity contribution is 7.44. The van der Waals surface area contributed by atoms with Crippen molar-refractivity contribution in [2.24, 2.45) is 5.92 Å². The third-order valence-corrected chi connectivity index (χ3v) is 24.9. The highest BCUT2D eigenvalue weighted by Gasteiger charge is 2.55. The summed E-state index contributed by atoms with van der Waals surface area (Å²) in [4.78, 5) is 244. The van der Waals surface area contributed by atoms with E-state index in [1.54, 1.807) is 0 Å². The summed E-state index contributed by atoms with van der Waals surface area (Å²) in [7, 11) is -1.55. The molecule has 3 heterocycles.